The summed E-state index contributed by atoms with van der Waals surface area (Å²) in [5.41, 5.74) is 1.06. The Morgan fingerprint density at radius 2 is 1.12 bits per heavy atom. The maximum absolute atomic E-state index is 7.75. The van der Waals surface area contributed by atoms with Gasteiger partial charge >= 0.3 is 0 Å². The van der Waals surface area contributed by atoms with Crippen molar-refractivity contribution in [2.75, 3.05) is 0 Å². The second-order valence-electron chi connectivity index (χ2n) is 1.58. The Balaban J connectivity index is -0.0000000462. The third-order valence-corrected chi connectivity index (χ3v) is 0.992. The molecule has 97 valence electrons. The molecule has 0 aliphatic heterocycles. The van der Waals surface area contributed by atoms with Crippen molar-refractivity contribution in [2.45, 2.75) is 41.5 Å². The molecule has 17 heavy (non-hydrogen) atoms. The molecule has 0 spiro atoms. The van der Waals surface area contributed by atoms with Crippen LogP contribution in [0.4, 0.5) is 0 Å². The molecule has 0 aromatic heterocycles. The van der Waals surface area contributed by atoms with E-state index in [0.717, 1.165) is 5.56 Å². The van der Waals surface area contributed by atoms with E-state index in [4.69, 9.17) is 11.4 Å². The predicted molar refractivity (Wildman–Crippen MR) is 76.0 cm³/mol. The van der Waals surface area contributed by atoms with Crippen molar-refractivity contribution in [3.05, 3.63) is 42.5 Å². The van der Waals surface area contributed by atoms with Crippen LogP contribution in [0.5, 0.6) is 0 Å². The summed E-state index contributed by atoms with van der Waals surface area (Å²) in [6.45, 7) is 20.5. The Kier molecular flexibility index (Phi) is 79.2. The molecule has 0 atom stereocenters. The fourth-order valence-electron chi connectivity index (χ4n) is 0.564. The Hall–Kier alpha value is -0.266. The first kappa shape index (κ1) is 30.1. The first-order chi connectivity index (χ1) is 7.93. The third kappa shape index (κ3) is 31.3. The van der Waals surface area contributed by atoms with Crippen LogP contribution in [-0.4, -0.2) is 6.79 Å². The van der Waals surface area contributed by atoms with Gasteiger partial charge in [0.25, 0.3) is 0 Å². The van der Waals surface area contributed by atoms with Gasteiger partial charge in [0, 0.05) is 32.7 Å². The van der Waals surface area contributed by atoms with Gasteiger partial charge in [-0.05, 0) is 0 Å². The molecule has 0 aliphatic carbocycles. The van der Waals surface area contributed by atoms with Gasteiger partial charge in [-0.1, -0.05) is 59.7 Å². The predicted octanol–water partition coefficient (Wildman–Crippen LogP) is 4.93. The first-order valence-electron chi connectivity index (χ1n) is 5.77. The average Bonchev–Trinajstić information content (AvgIpc) is 2.48. The molecule has 1 nitrogen and oxygen atoms in total. The number of rotatable bonds is 1. The summed E-state index contributed by atoms with van der Waals surface area (Å²) in [7, 11) is 0. The number of carbonyl (C=O) groups excluding carboxylic acids is 1. The van der Waals surface area contributed by atoms with E-state index in [1.54, 1.807) is 6.08 Å². The molecule has 1 rings (SSSR count). The van der Waals surface area contributed by atoms with Crippen LogP contribution in [0.1, 0.15) is 47.1 Å². The molecule has 1 aromatic carbocycles. The van der Waals surface area contributed by atoms with Crippen LogP contribution in [0, 0.1) is 6.58 Å². The molecule has 0 heterocycles. The van der Waals surface area contributed by atoms with Crippen molar-refractivity contribution in [3.8, 4) is 0 Å². The maximum atomic E-state index is 7.75. The van der Waals surface area contributed by atoms with Gasteiger partial charge in [-0.25, -0.2) is 6.08 Å². The van der Waals surface area contributed by atoms with Gasteiger partial charge in [-0.2, -0.15) is 5.56 Å². The van der Waals surface area contributed by atoms with Gasteiger partial charge in [0.15, 0.2) is 0 Å². The minimum absolute atomic E-state index is 0. The summed E-state index contributed by atoms with van der Waals surface area (Å²) in [5, 5.41) is 0. The zero-order valence-corrected chi connectivity index (χ0v) is 14.9. The van der Waals surface area contributed by atoms with E-state index in [1.807, 2.05) is 71.9 Å². The number of hydrogen-bond acceptors (Lipinski definition) is 1. The van der Waals surface area contributed by atoms with E-state index in [-0.39, 0.29) is 32.7 Å². The molecule has 0 amide bonds. The zero-order chi connectivity index (χ0) is 13.8. The van der Waals surface area contributed by atoms with E-state index in [1.165, 1.54) is 0 Å². The fourth-order valence-corrected chi connectivity index (χ4v) is 0.564. The number of hydrogen-bond donors (Lipinski definition) is 0. The Morgan fingerprint density at radius 1 is 0.824 bits per heavy atom. The van der Waals surface area contributed by atoms with Crippen LogP contribution >= 0.6 is 0 Å². The molecular formula is C15H26OY-2. The molecular weight excluding hydrogens is 285 g/mol. The molecule has 0 saturated carbocycles. The molecule has 0 N–H and O–H groups in total. The normalized spacial score (nSPS) is 5.29. The largest absolute Gasteiger partial charge is 0.545 e. The summed E-state index contributed by atoms with van der Waals surface area (Å²) in [4.78, 5) is 7.75. The summed E-state index contributed by atoms with van der Waals surface area (Å²) < 4.78 is 0. The van der Waals surface area contributed by atoms with Crippen molar-refractivity contribution < 1.29 is 37.5 Å². The fraction of sp³-hybridized carbons (Fsp3) is 0.400. The summed E-state index contributed by atoms with van der Waals surface area (Å²) in [5.74, 6) is 0. The van der Waals surface area contributed by atoms with Crippen molar-refractivity contribution in [1.29, 1.82) is 0 Å². The van der Waals surface area contributed by atoms with Crippen LogP contribution in [0.25, 0.3) is 6.08 Å². The molecule has 0 bridgehead atoms. The summed E-state index contributed by atoms with van der Waals surface area (Å²) in [6, 6.07) is 9.80. The van der Waals surface area contributed by atoms with Crippen molar-refractivity contribution in [1.82, 2.24) is 0 Å². The minimum atomic E-state index is 0. The van der Waals surface area contributed by atoms with E-state index in [9.17, 15) is 0 Å². The van der Waals surface area contributed by atoms with Crippen LogP contribution in [0.3, 0.4) is 0 Å². The Labute approximate surface area is 134 Å². The van der Waals surface area contributed by atoms with Gasteiger partial charge in [-0.15, -0.1) is 12.1 Å². The molecule has 0 unspecified atom stereocenters. The maximum Gasteiger partial charge on any atom is 0 e. The van der Waals surface area contributed by atoms with Crippen LogP contribution < -0.4 is 0 Å². The summed E-state index contributed by atoms with van der Waals surface area (Å²) >= 11 is 0. The van der Waals surface area contributed by atoms with Crippen LogP contribution in [0.2, 0.25) is 0 Å². The molecule has 0 aliphatic rings. The Bertz CT molecular complexity index is 185. The molecule has 1 aromatic rings. The van der Waals surface area contributed by atoms with Gasteiger partial charge in [0.05, 0.1) is 0 Å². The van der Waals surface area contributed by atoms with Gasteiger partial charge in [0.2, 0.25) is 0 Å². The smallest absolute Gasteiger partial charge is 0 e. The molecule has 1 radical (unpaired) electrons. The van der Waals surface area contributed by atoms with Crippen molar-refractivity contribution in [3.63, 3.8) is 0 Å². The summed E-state index contributed by atoms with van der Waals surface area (Å²) in [6.07, 6.45) is 1.58. The van der Waals surface area contributed by atoms with Crippen LogP contribution in [-0.2, 0) is 37.5 Å². The van der Waals surface area contributed by atoms with Crippen LogP contribution in [0.15, 0.2) is 30.3 Å². The van der Waals surface area contributed by atoms with E-state index in [0.29, 0.717) is 0 Å². The molecule has 2 heteroatoms. The molecule has 0 fully saturated rings. The minimum Gasteiger partial charge on any atom is -0.545 e. The zero-order valence-electron chi connectivity index (χ0n) is 12.1. The first-order valence-corrected chi connectivity index (χ1v) is 5.77. The quantitative estimate of drug-likeness (QED) is 0.530. The topological polar surface area (TPSA) is 17.1 Å². The Morgan fingerprint density at radius 3 is 1.29 bits per heavy atom. The van der Waals surface area contributed by atoms with Crippen molar-refractivity contribution >= 4 is 12.9 Å². The van der Waals surface area contributed by atoms with E-state index < -0.39 is 0 Å². The van der Waals surface area contributed by atoms with Crippen molar-refractivity contribution in [2.24, 2.45) is 0 Å². The monoisotopic (exact) mass is 311 g/mol. The SMILES string of the molecule is CC.CC.CC.[CH-]=Cc1ccccc1.[CH-]=O.[Y]. The van der Waals surface area contributed by atoms with E-state index in [2.05, 4.69) is 6.79 Å². The van der Waals surface area contributed by atoms with Gasteiger partial charge in [-0.3, -0.25) is 13.4 Å². The van der Waals surface area contributed by atoms with Gasteiger partial charge < -0.3 is 4.79 Å². The second-order valence-corrected chi connectivity index (χ2v) is 1.58. The molecule has 0 saturated heterocycles. The van der Waals surface area contributed by atoms with E-state index >= 15 is 0 Å². The third-order valence-electron chi connectivity index (χ3n) is 0.992. The second kappa shape index (κ2) is 44.8. The standard InChI is InChI=1S/C8H7.3C2H6.CHO.Y/c1-2-8-6-4-3-5-7-8;4*1-2;/h1-7H;3*1-2H3;1H;/q-1;;;;-1;. The van der Waals surface area contributed by atoms with Gasteiger partial charge in [0.1, 0.15) is 0 Å². The average molecular weight is 311 g/mol. The number of benzene rings is 1.